The number of thioether (sulfide) groups is 1. The minimum atomic E-state index is -4.68. The van der Waals surface area contributed by atoms with E-state index in [1.807, 2.05) is 0 Å². The quantitative estimate of drug-likeness (QED) is 0.185. The zero-order valence-electron chi connectivity index (χ0n) is 24.3. The molecule has 1 fully saturated rings. The van der Waals surface area contributed by atoms with Crippen LogP contribution in [0.25, 0.3) is 0 Å². The topological polar surface area (TPSA) is 135 Å². The molecule has 3 aromatic carbocycles. The number of carbonyl (C=O) groups excluding carboxylic acids is 4. The van der Waals surface area contributed by atoms with Crippen LogP contribution >= 0.6 is 23.1 Å². The van der Waals surface area contributed by atoms with Gasteiger partial charge in [0.2, 0.25) is 11.8 Å². The van der Waals surface area contributed by atoms with E-state index in [4.69, 9.17) is 9.47 Å². The zero-order chi connectivity index (χ0) is 33.5. The number of H-pyrrole nitrogens is 1. The summed E-state index contributed by atoms with van der Waals surface area (Å²) in [6.45, 7) is 1.54. The van der Waals surface area contributed by atoms with Crippen molar-refractivity contribution in [2.24, 2.45) is 5.92 Å². The molecule has 0 aliphatic carbocycles. The second kappa shape index (κ2) is 12.7. The van der Waals surface area contributed by atoms with Crippen LogP contribution in [-0.4, -0.2) is 47.1 Å². The maximum atomic E-state index is 13.9. The second-order valence-electron chi connectivity index (χ2n) is 10.5. The molecule has 47 heavy (non-hydrogen) atoms. The van der Waals surface area contributed by atoms with Crippen molar-refractivity contribution in [2.75, 3.05) is 23.4 Å². The number of nitrogens with zero attached hydrogens (tertiary/aromatic N) is 1. The molecule has 4 aromatic rings. The van der Waals surface area contributed by atoms with Crippen LogP contribution in [0.4, 0.5) is 24.5 Å². The monoisotopic (exact) mass is 683 g/mol. The van der Waals surface area contributed by atoms with E-state index in [1.54, 1.807) is 43.3 Å². The van der Waals surface area contributed by atoms with E-state index >= 15 is 0 Å². The van der Waals surface area contributed by atoms with Gasteiger partial charge < -0.3 is 19.8 Å². The van der Waals surface area contributed by atoms with Gasteiger partial charge in [0, 0.05) is 16.5 Å². The van der Waals surface area contributed by atoms with E-state index in [9.17, 15) is 37.1 Å². The van der Waals surface area contributed by atoms with Crippen molar-refractivity contribution in [2.45, 2.75) is 29.3 Å². The van der Waals surface area contributed by atoms with Crippen LogP contribution in [0.1, 0.15) is 39.2 Å². The van der Waals surface area contributed by atoms with E-state index in [-0.39, 0.29) is 29.5 Å². The van der Waals surface area contributed by atoms with Gasteiger partial charge in [-0.2, -0.15) is 13.2 Å². The molecular weight excluding hydrogens is 659 g/mol. The average molecular weight is 684 g/mol. The number of aromatic amines is 1. The summed E-state index contributed by atoms with van der Waals surface area (Å²) in [5.41, 5.74) is 0.0732. The number of aromatic nitrogens is 1. The van der Waals surface area contributed by atoms with Gasteiger partial charge in [-0.05, 0) is 67.1 Å². The minimum Gasteiger partial charge on any atom is -0.484 e. The summed E-state index contributed by atoms with van der Waals surface area (Å²) in [5.74, 6) is -3.93. The highest BCUT2D eigenvalue weighted by atomic mass is 32.2. The van der Waals surface area contributed by atoms with Gasteiger partial charge in [-0.1, -0.05) is 41.3 Å². The van der Waals surface area contributed by atoms with E-state index in [2.05, 4.69) is 10.3 Å². The van der Waals surface area contributed by atoms with Crippen LogP contribution in [0.2, 0.25) is 0 Å². The van der Waals surface area contributed by atoms with E-state index in [0.29, 0.717) is 26.7 Å². The highest BCUT2D eigenvalue weighted by molar-refractivity contribution is 8.00. The molecule has 2 aliphatic heterocycles. The number of ether oxygens (including phenoxy) is 2. The fourth-order valence-electron chi connectivity index (χ4n) is 5.50. The summed E-state index contributed by atoms with van der Waals surface area (Å²) in [7, 11) is 0. The van der Waals surface area contributed by atoms with Crippen molar-refractivity contribution in [1.29, 1.82) is 0 Å². The molecule has 0 radical (unpaired) electrons. The molecule has 2 N–H and O–H groups in total. The molecule has 0 spiro atoms. The Hall–Kier alpha value is -4.89. The fourth-order valence-corrected chi connectivity index (χ4v) is 8.01. The lowest BCUT2D eigenvalue weighted by Gasteiger charge is -2.30. The van der Waals surface area contributed by atoms with Gasteiger partial charge in [-0.25, -0.2) is 9.69 Å². The summed E-state index contributed by atoms with van der Waals surface area (Å²) < 4.78 is 51.0. The largest absolute Gasteiger partial charge is 0.484 e. The summed E-state index contributed by atoms with van der Waals surface area (Å²) in [6.07, 6.45) is -4.68. The number of nitrogens with one attached hydrogen (secondary N) is 2. The first-order valence-electron chi connectivity index (χ1n) is 14.2. The van der Waals surface area contributed by atoms with Crippen molar-refractivity contribution < 1.29 is 41.8 Å². The SMILES string of the molecule is CCOC(=O)c1ccc(NC(=O)COc2cccc([C@@H]3c4sc(=O)[nH]c4S[C@H]4C(=O)N(c5cccc(C(F)(F)F)c5)C(=O)[C@@H]34)c2)cc1. The van der Waals surface area contributed by atoms with Gasteiger partial charge >= 0.3 is 17.0 Å². The predicted octanol–water partition coefficient (Wildman–Crippen LogP) is 5.45. The molecule has 3 atom stereocenters. The lowest BCUT2D eigenvalue weighted by atomic mass is 9.83. The number of amides is 3. The number of imide groups is 1. The molecule has 0 saturated carbocycles. The van der Waals surface area contributed by atoms with Crippen LogP contribution in [0.15, 0.2) is 82.6 Å². The first-order chi connectivity index (χ1) is 22.4. The van der Waals surface area contributed by atoms with Crippen molar-refractivity contribution in [3.8, 4) is 5.75 Å². The van der Waals surface area contributed by atoms with Crippen molar-refractivity contribution >= 4 is 58.2 Å². The highest BCUT2D eigenvalue weighted by Gasteiger charge is 2.56. The number of anilines is 2. The highest BCUT2D eigenvalue weighted by Crippen LogP contribution is 2.53. The van der Waals surface area contributed by atoms with Gasteiger partial charge in [-0.15, -0.1) is 0 Å². The molecule has 6 rings (SSSR count). The van der Waals surface area contributed by atoms with Crippen LogP contribution in [0.5, 0.6) is 5.75 Å². The fraction of sp³-hybridized carbons (Fsp3) is 0.219. The smallest absolute Gasteiger partial charge is 0.416 e. The molecule has 3 amide bonds. The van der Waals surface area contributed by atoms with Gasteiger partial charge in [0.1, 0.15) is 11.0 Å². The number of fused-ring (bicyclic) bond motifs is 2. The Kier molecular flexibility index (Phi) is 8.68. The lowest BCUT2D eigenvalue weighted by molar-refractivity contribution is -0.137. The third kappa shape index (κ3) is 6.40. The third-order valence-corrected chi connectivity index (χ3v) is 9.92. The molecule has 10 nitrogen and oxygen atoms in total. The standard InChI is InChI=1S/C32H24F3N3O7S2/c1-2-44-30(42)16-9-11-19(12-10-16)36-22(39)15-45-21-8-3-5-17(13-21)23-24-26(46-27-25(23)47-31(43)37-27)29(41)38(28(24)40)20-7-4-6-18(14-20)32(33,34)35/h3-14,23-24,26H,2,15H2,1H3,(H,36,39)(H,37,43)/t23-,24-,26+/m0/s1. The molecule has 1 saturated heterocycles. The molecule has 2 aliphatic rings. The molecule has 242 valence electrons. The van der Waals surface area contributed by atoms with E-state index in [1.165, 1.54) is 18.2 Å². The molecule has 1 aromatic heterocycles. The normalized spacial score (nSPS) is 18.8. The van der Waals surface area contributed by atoms with E-state index < -0.39 is 52.5 Å². The minimum absolute atomic E-state index is 0.195. The Labute approximate surface area is 272 Å². The van der Waals surface area contributed by atoms with Crippen LogP contribution in [0.3, 0.4) is 0 Å². The number of hydrogen-bond acceptors (Lipinski definition) is 9. The van der Waals surface area contributed by atoms with Crippen LogP contribution in [-0.2, 0) is 25.3 Å². The molecular formula is C32H24F3N3O7S2. The Balaban J connectivity index is 1.23. The summed E-state index contributed by atoms with van der Waals surface area (Å²) in [6, 6.07) is 16.7. The van der Waals surface area contributed by atoms with Crippen molar-refractivity contribution in [1.82, 2.24) is 4.98 Å². The number of alkyl halides is 3. The van der Waals surface area contributed by atoms with Gasteiger partial charge in [0.15, 0.2) is 6.61 Å². The number of carbonyl (C=O) groups is 4. The first kappa shape index (κ1) is 32.1. The van der Waals surface area contributed by atoms with Gasteiger partial charge in [0.05, 0.1) is 34.4 Å². The number of hydrogen-bond donors (Lipinski definition) is 2. The van der Waals surface area contributed by atoms with Gasteiger partial charge in [0.25, 0.3) is 5.91 Å². The third-order valence-electron chi connectivity index (χ3n) is 7.52. The number of halogens is 3. The van der Waals surface area contributed by atoms with Gasteiger partial charge in [-0.3, -0.25) is 19.2 Å². The Morgan fingerprint density at radius 3 is 2.45 bits per heavy atom. The molecule has 3 heterocycles. The number of benzene rings is 3. The number of esters is 1. The number of rotatable bonds is 8. The Morgan fingerprint density at radius 2 is 1.72 bits per heavy atom. The van der Waals surface area contributed by atoms with Crippen LogP contribution < -0.4 is 19.8 Å². The van der Waals surface area contributed by atoms with Crippen LogP contribution in [0, 0.1) is 5.92 Å². The second-order valence-corrected chi connectivity index (χ2v) is 12.7. The average Bonchev–Trinajstić information content (AvgIpc) is 3.54. The Bertz CT molecular complexity index is 1940. The summed E-state index contributed by atoms with van der Waals surface area (Å²) in [5, 5.41) is 2.06. The maximum Gasteiger partial charge on any atom is 0.416 e. The zero-order valence-corrected chi connectivity index (χ0v) is 26.0. The summed E-state index contributed by atoms with van der Waals surface area (Å²) >= 11 is 1.88. The molecule has 15 heteroatoms. The Morgan fingerprint density at radius 1 is 0.979 bits per heavy atom. The van der Waals surface area contributed by atoms with E-state index in [0.717, 1.165) is 46.2 Å². The number of thiazole rings is 1. The maximum absolute atomic E-state index is 13.9. The van der Waals surface area contributed by atoms with Crippen molar-refractivity contribution in [3.05, 3.63) is 104 Å². The van der Waals surface area contributed by atoms with Crippen molar-refractivity contribution in [3.63, 3.8) is 0 Å². The lowest BCUT2D eigenvalue weighted by Crippen LogP contribution is -2.32. The summed E-state index contributed by atoms with van der Waals surface area (Å²) in [4.78, 5) is 68.0. The predicted molar refractivity (Wildman–Crippen MR) is 167 cm³/mol. The first-order valence-corrected chi connectivity index (χ1v) is 15.9. The molecule has 0 unspecified atom stereocenters. The molecule has 0 bridgehead atoms.